The highest BCUT2D eigenvalue weighted by atomic mass is 32.2. The van der Waals surface area contributed by atoms with Crippen LogP contribution in [0.5, 0.6) is 5.75 Å². The minimum atomic E-state index is -0.0754. The summed E-state index contributed by atoms with van der Waals surface area (Å²) in [7, 11) is 1.55. The molecule has 0 bridgehead atoms. The van der Waals surface area contributed by atoms with E-state index in [1.807, 2.05) is 11.8 Å². The number of benzene rings is 1. The molecule has 1 amide bonds. The first-order chi connectivity index (χ1) is 9.63. The molecule has 1 aliphatic rings. The van der Waals surface area contributed by atoms with Crippen molar-refractivity contribution in [1.82, 2.24) is 5.32 Å². The minimum absolute atomic E-state index is 0.0754. The summed E-state index contributed by atoms with van der Waals surface area (Å²) < 4.78 is 5.23. The summed E-state index contributed by atoms with van der Waals surface area (Å²) in [5, 5.41) is 3.78. The topological polar surface area (TPSA) is 64.3 Å². The second-order valence-electron chi connectivity index (χ2n) is 5.15. The van der Waals surface area contributed by atoms with Gasteiger partial charge in [0.2, 0.25) is 0 Å². The normalized spacial score (nSPS) is 22.3. The van der Waals surface area contributed by atoms with Crippen molar-refractivity contribution < 1.29 is 9.53 Å². The molecule has 1 fully saturated rings. The number of amides is 1. The van der Waals surface area contributed by atoms with Crippen LogP contribution >= 0.6 is 11.8 Å². The molecule has 0 saturated heterocycles. The molecule has 0 heterocycles. The van der Waals surface area contributed by atoms with E-state index < -0.39 is 0 Å². The molecule has 0 aromatic heterocycles. The number of thioether (sulfide) groups is 1. The smallest absolute Gasteiger partial charge is 0.255 e. The zero-order valence-electron chi connectivity index (χ0n) is 12.0. The van der Waals surface area contributed by atoms with Crippen LogP contribution in [0.2, 0.25) is 0 Å². The Morgan fingerprint density at radius 1 is 1.45 bits per heavy atom. The number of nitrogen functional groups attached to an aromatic ring is 1. The number of anilines is 1. The first kappa shape index (κ1) is 15.0. The Morgan fingerprint density at radius 2 is 2.25 bits per heavy atom. The van der Waals surface area contributed by atoms with Gasteiger partial charge in [0.1, 0.15) is 5.75 Å². The third kappa shape index (κ3) is 3.60. The van der Waals surface area contributed by atoms with Crippen molar-refractivity contribution in [1.29, 1.82) is 0 Å². The summed E-state index contributed by atoms with van der Waals surface area (Å²) in [4.78, 5) is 12.4. The molecular weight excluding hydrogens is 272 g/mol. The van der Waals surface area contributed by atoms with Crippen LogP contribution in [0.1, 0.15) is 36.0 Å². The van der Waals surface area contributed by atoms with Gasteiger partial charge in [-0.15, -0.1) is 0 Å². The zero-order valence-corrected chi connectivity index (χ0v) is 12.8. The number of carbonyl (C=O) groups excluding carboxylic acids is 1. The van der Waals surface area contributed by atoms with Gasteiger partial charge in [-0.1, -0.05) is 6.42 Å². The van der Waals surface area contributed by atoms with Crippen LogP contribution in [0.3, 0.4) is 0 Å². The maximum Gasteiger partial charge on any atom is 0.255 e. The van der Waals surface area contributed by atoms with Crippen LogP contribution in [0, 0.1) is 0 Å². The number of hydrogen-bond donors (Lipinski definition) is 2. The van der Waals surface area contributed by atoms with E-state index in [4.69, 9.17) is 10.5 Å². The first-order valence-corrected chi connectivity index (χ1v) is 8.20. The third-order valence-electron chi connectivity index (χ3n) is 3.76. The van der Waals surface area contributed by atoms with Crippen LogP contribution < -0.4 is 15.8 Å². The molecular formula is C15H22N2O2S. The molecule has 1 aromatic rings. The Morgan fingerprint density at radius 3 is 2.95 bits per heavy atom. The number of nitrogens with two attached hydrogens (primary N) is 1. The van der Waals surface area contributed by atoms with E-state index in [1.54, 1.807) is 25.3 Å². The largest absolute Gasteiger partial charge is 0.496 e. The summed E-state index contributed by atoms with van der Waals surface area (Å²) in [6.07, 6.45) is 6.66. The molecule has 110 valence electrons. The molecule has 20 heavy (non-hydrogen) atoms. The number of rotatable bonds is 4. The van der Waals surface area contributed by atoms with Crippen LogP contribution in [-0.2, 0) is 0 Å². The number of methoxy groups -OCH3 is 1. The lowest BCUT2D eigenvalue weighted by Gasteiger charge is -2.28. The summed E-state index contributed by atoms with van der Waals surface area (Å²) in [6, 6.07) is 5.39. The molecule has 2 rings (SSSR count). The van der Waals surface area contributed by atoms with Gasteiger partial charge >= 0.3 is 0 Å². The lowest BCUT2D eigenvalue weighted by Crippen LogP contribution is -2.39. The maximum absolute atomic E-state index is 12.4. The molecule has 1 aliphatic carbocycles. The van der Waals surface area contributed by atoms with Crippen LogP contribution in [0.15, 0.2) is 18.2 Å². The van der Waals surface area contributed by atoms with E-state index in [2.05, 4.69) is 11.6 Å². The van der Waals surface area contributed by atoms with Gasteiger partial charge in [-0.05, 0) is 37.7 Å². The summed E-state index contributed by atoms with van der Waals surface area (Å²) in [5.74, 6) is 0.452. The van der Waals surface area contributed by atoms with E-state index in [1.165, 1.54) is 12.8 Å². The third-order valence-corrected chi connectivity index (χ3v) is 4.86. The predicted molar refractivity (Wildman–Crippen MR) is 84.4 cm³/mol. The highest BCUT2D eigenvalue weighted by Gasteiger charge is 2.24. The first-order valence-electron chi connectivity index (χ1n) is 6.91. The summed E-state index contributed by atoms with van der Waals surface area (Å²) in [6.45, 7) is 0. The Labute approximate surface area is 124 Å². The van der Waals surface area contributed by atoms with Crippen LogP contribution in [0.25, 0.3) is 0 Å². The fourth-order valence-corrected chi connectivity index (χ4v) is 3.48. The van der Waals surface area contributed by atoms with E-state index in [9.17, 15) is 4.79 Å². The minimum Gasteiger partial charge on any atom is -0.496 e. The van der Waals surface area contributed by atoms with Crippen molar-refractivity contribution in [3.8, 4) is 5.75 Å². The summed E-state index contributed by atoms with van der Waals surface area (Å²) >= 11 is 1.89. The fourth-order valence-electron chi connectivity index (χ4n) is 2.65. The molecule has 2 unspecified atom stereocenters. The number of nitrogens with one attached hydrogen (secondary N) is 1. The molecule has 4 nitrogen and oxygen atoms in total. The lowest BCUT2D eigenvalue weighted by molar-refractivity contribution is 0.0925. The van der Waals surface area contributed by atoms with Crippen molar-refractivity contribution in [3.05, 3.63) is 23.8 Å². The Bertz CT molecular complexity index is 479. The van der Waals surface area contributed by atoms with E-state index in [0.29, 0.717) is 22.3 Å². The fraction of sp³-hybridized carbons (Fsp3) is 0.533. The molecule has 5 heteroatoms. The quantitative estimate of drug-likeness (QED) is 0.838. The van der Waals surface area contributed by atoms with Gasteiger partial charge in [0.05, 0.1) is 12.7 Å². The van der Waals surface area contributed by atoms with Gasteiger partial charge in [0.15, 0.2) is 0 Å². The van der Waals surface area contributed by atoms with E-state index in [-0.39, 0.29) is 11.9 Å². The van der Waals surface area contributed by atoms with Crippen molar-refractivity contribution in [2.75, 3.05) is 19.1 Å². The molecule has 2 atom stereocenters. The second-order valence-corrected chi connectivity index (χ2v) is 6.29. The molecule has 0 spiro atoms. The van der Waals surface area contributed by atoms with Gasteiger partial charge in [-0.25, -0.2) is 0 Å². The van der Waals surface area contributed by atoms with Crippen molar-refractivity contribution in [2.24, 2.45) is 0 Å². The van der Waals surface area contributed by atoms with E-state index >= 15 is 0 Å². The van der Waals surface area contributed by atoms with Crippen LogP contribution in [-0.4, -0.2) is 30.6 Å². The molecule has 1 saturated carbocycles. The monoisotopic (exact) mass is 294 g/mol. The standard InChI is InChI=1S/C15H22N2O2S/c1-19-14-8-10(16)6-7-13(14)15(18)17-11-4-3-5-12(9-11)20-2/h6-8,11-12H,3-5,9,16H2,1-2H3,(H,17,18). The maximum atomic E-state index is 12.4. The van der Waals surface area contributed by atoms with E-state index in [0.717, 1.165) is 12.8 Å². The highest BCUT2D eigenvalue weighted by Crippen LogP contribution is 2.28. The number of ether oxygens (including phenoxy) is 1. The Kier molecular flexibility index (Phi) is 5.17. The van der Waals surface area contributed by atoms with Gasteiger partial charge < -0.3 is 15.8 Å². The predicted octanol–water partition coefficient (Wildman–Crippen LogP) is 2.68. The Hall–Kier alpha value is -1.36. The molecule has 0 radical (unpaired) electrons. The number of hydrogen-bond acceptors (Lipinski definition) is 4. The highest BCUT2D eigenvalue weighted by molar-refractivity contribution is 7.99. The zero-order chi connectivity index (χ0) is 14.5. The van der Waals surface area contributed by atoms with Crippen molar-refractivity contribution in [2.45, 2.75) is 37.0 Å². The van der Waals surface area contributed by atoms with Crippen LogP contribution in [0.4, 0.5) is 5.69 Å². The summed E-state index contributed by atoms with van der Waals surface area (Å²) in [5.41, 5.74) is 6.85. The average molecular weight is 294 g/mol. The molecule has 0 aliphatic heterocycles. The van der Waals surface area contributed by atoms with Gasteiger partial charge in [-0.2, -0.15) is 11.8 Å². The SMILES string of the molecule is COc1cc(N)ccc1C(=O)NC1CCCC(SC)C1. The number of carbonyl (C=O) groups is 1. The Balaban J connectivity index is 2.04. The van der Waals surface area contributed by atoms with Crippen molar-refractivity contribution in [3.63, 3.8) is 0 Å². The van der Waals surface area contributed by atoms with Gasteiger partial charge in [-0.3, -0.25) is 4.79 Å². The molecule has 3 N–H and O–H groups in total. The van der Waals surface area contributed by atoms with Gasteiger partial charge in [0, 0.05) is 23.0 Å². The lowest BCUT2D eigenvalue weighted by atomic mass is 9.94. The second kappa shape index (κ2) is 6.88. The average Bonchev–Trinajstić information content (AvgIpc) is 2.47. The van der Waals surface area contributed by atoms with Gasteiger partial charge in [0.25, 0.3) is 5.91 Å². The van der Waals surface area contributed by atoms with Crippen molar-refractivity contribution >= 4 is 23.4 Å². The molecule has 1 aromatic carbocycles.